The third-order valence-corrected chi connectivity index (χ3v) is 8.71. The number of hydrogen-bond donors (Lipinski definition) is 2. The molecular formula is C22H34O5. The van der Waals surface area contributed by atoms with Gasteiger partial charge in [-0.05, 0) is 42.9 Å². The maximum atomic E-state index is 13.1. The molecule has 152 valence electrons. The molecule has 0 radical (unpaired) electrons. The van der Waals surface area contributed by atoms with E-state index in [2.05, 4.69) is 27.4 Å². The quantitative estimate of drug-likeness (QED) is 0.732. The number of ether oxygens (including phenoxy) is 1. The van der Waals surface area contributed by atoms with Crippen molar-refractivity contribution in [3.63, 3.8) is 0 Å². The maximum absolute atomic E-state index is 13.1. The van der Waals surface area contributed by atoms with Gasteiger partial charge in [0.15, 0.2) is 0 Å². The topological polar surface area (TPSA) is 83.8 Å². The van der Waals surface area contributed by atoms with Gasteiger partial charge >= 0.3 is 5.97 Å². The van der Waals surface area contributed by atoms with Crippen molar-refractivity contribution in [2.75, 3.05) is 6.61 Å². The molecule has 2 unspecified atom stereocenters. The summed E-state index contributed by atoms with van der Waals surface area (Å²) in [5.74, 6) is -0.722. The number of aliphatic hydroxyl groups is 1. The molecule has 2 bridgehead atoms. The number of aliphatic hydroxyl groups excluding tert-OH is 1. The minimum Gasteiger partial charge on any atom is -0.480 e. The van der Waals surface area contributed by atoms with E-state index in [1.165, 1.54) is 0 Å². The number of aliphatic carboxylic acids is 1. The highest BCUT2D eigenvalue weighted by molar-refractivity contribution is 5.85. The third-order valence-electron chi connectivity index (χ3n) is 8.71. The molecule has 3 aliphatic rings. The number of carboxylic acids is 1. The first-order chi connectivity index (χ1) is 12.5. The number of carboxylic acid groups (broad SMARTS) is 1. The molecule has 3 saturated carbocycles. The van der Waals surface area contributed by atoms with Crippen LogP contribution in [-0.4, -0.2) is 40.8 Å². The van der Waals surface area contributed by atoms with Gasteiger partial charge in [-0.2, -0.15) is 0 Å². The molecule has 0 aliphatic heterocycles. The van der Waals surface area contributed by atoms with E-state index in [0.717, 1.165) is 19.3 Å². The molecule has 0 spiro atoms. The Kier molecular flexibility index (Phi) is 5.09. The number of ketones is 1. The van der Waals surface area contributed by atoms with Gasteiger partial charge in [0.1, 0.15) is 12.4 Å². The van der Waals surface area contributed by atoms with Crippen LogP contribution in [0, 0.1) is 34.0 Å². The molecule has 5 nitrogen and oxygen atoms in total. The first-order valence-corrected chi connectivity index (χ1v) is 10.2. The first-order valence-electron chi connectivity index (χ1n) is 10.2. The highest BCUT2D eigenvalue weighted by Crippen LogP contribution is 2.67. The predicted octanol–water partition coefficient (Wildman–Crippen LogP) is 3.45. The Hall–Kier alpha value is -1.20. The van der Waals surface area contributed by atoms with E-state index in [-0.39, 0.29) is 35.6 Å². The SMILES string of the molecule is C=C[C@]1(C)C[C@@H](OCC(=O)O)[C@]2(C)C(C)CC[C@]3(CCC(=O)C32)[C@@H](C)[C@@H]1O. The fourth-order valence-electron chi connectivity index (χ4n) is 6.74. The van der Waals surface area contributed by atoms with Crippen molar-refractivity contribution in [1.29, 1.82) is 0 Å². The molecular weight excluding hydrogens is 344 g/mol. The average Bonchev–Trinajstić information content (AvgIpc) is 2.98. The van der Waals surface area contributed by atoms with Gasteiger partial charge in [-0.15, -0.1) is 6.58 Å². The predicted molar refractivity (Wildman–Crippen MR) is 102 cm³/mol. The smallest absolute Gasteiger partial charge is 0.329 e. The second kappa shape index (κ2) is 6.70. The van der Waals surface area contributed by atoms with E-state index in [4.69, 9.17) is 4.74 Å². The van der Waals surface area contributed by atoms with Gasteiger partial charge in [0, 0.05) is 23.2 Å². The maximum Gasteiger partial charge on any atom is 0.329 e. The average molecular weight is 379 g/mol. The Morgan fingerprint density at radius 2 is 2.00 bits per heavy atom. The Labute approximate surface area is 162 Å². The summed E-state index contributed by atoms with van der Waals surface area (Å²) in [6.07, 6.45) is 4.44. The van der Waals surface area contributed by atoms with Gasteiger partial charge in [0.25, 0.3) is 0 Å². The van der Waals surface area contributed by atoms with Crippen LogP contribution in [0.1, 0.15) is 59.8 Å². The first kappa shape index (κ1) is 20.5. The molecule has 8 atom stereocenters. The number of Topliss-reactive ketones (excluding diaryl/α,β-unsaturated/α-hetero) is 1. The monoisotopic (exact) mass is 378 g/mol. The molecule has 0 amide bonds. The van der Waals surface area contributed by atoms with Crippen molar-refractivity contribution in [3.8, 4) is 0 Å². The second-order valence-corrected chi connectivity index (χ2v) is 9.78. The fourth-order valence-corrected chi connectivity index (χ4v) is 6.74. The zero-order valence-corrected chi connectivity index (χ0v) is 17.0. The highest BCUT2D eigenvalue weighted by atomic mass is 16.5. The van der Waals surface area contributed by atoms with Gasteiger partial charge < -0.3 is 14.9 Å². The number of carbonyl (C=O) groups is 2. The number of hydrogen-bond acceptors (Lipinski definition) is 4. The molecule has 3 rings (SSSR count). The second-order valence-electron chi connectivity index (χ2n) is 9.78. The Balaban J connectivity index is 2.18. The lowest BCUT2D eigenvalue weighted by atomic mass is 9.44. The largest absolute Gasteiger partial charge is 0.480 e. The lowest BCUT2D eigenvalue weighted by Gasteiger charge is -2.62. The summed E-state index contributed by atoms with van der Waals surface area (Å²) in [6.45, 7) is 12.0. The van der Waals surface area contributed by atoms with Crippen LogP contribution in [0.3, 0.4) is 0 Å². The van der Waals surface area contributed by atoms with Gasteiger partial charge in [-0.3, -0.25) is 4.79 Å². The van der Waals surface area contributed by atoms with Gasteiger partial charge in [-0.25, -0.2) is 4.79 Å². The normalized spacial score (nSPS) is 49.8. The fraction of sp³-hybridized carbons (Fsp3) is 0.818. The summed E-state index contributed by atoms with van der Waals surface area (Å²) in [7, 11) is 0. The molecule has 0 aromatic heterocycles. The van der Waals surface area contributed by atoms with E-state index in [1.807, 2.05) is 6.92 Å². The molecule has 5 heteroatoms. The summed E-state index contributed by atoms with van der Waals surface area (Å²) in [5.41, 5.74) is -1.28. The Morgan fingerprint density at radius 1 is 1.33 bits per heavy atom. The van der Waals surface area contributed by atoms with E-state index in [0.29, 0.717) is 12.8 Å². The lowest BCUT2D eigenvalue weighted by Crippen LogP contribution is -2.63. The summed E-state index contributed by atoms with van der Waals surface area (Å²) in [4.78, 5) is 24.4. The van der Waals surface area contributed by atoms with Crippen LogP contribution in [0.2, 0.25) is 0 Å². The minimum absolute atomic E-state index is 0.0239. The Morgan fingerprint density at radius 3 is 2.59 bits per heavy atom. The molecule has 0 heterocycles. The van der Waals surface area contributed by atoms with Crippen LogP contribution in [0.4, 0.5) is 0 Å². The molecule has 2 N–H and O–H groups in total. The molecule has 3 fully saturated rings. The van der Waals surface area contributed by atoms with Crippen LogP contribution in [0.5, 0.6) is 0 Å². The molecule has 27 heavy (non-hydrogen) atoms. The van der Waals surface area contributed by atoms with Crippen LogP contribution in [0.25, 0.3) is 0 Å². The summed E-state index contributed by atoms with van der Waals surface area (Å²) >= 11 is 0. The molecule has 0 aromatic rings. The van der Waals surface area contributed by atoms with Gasteiger partial charge in [-0.1, -0.05) is 33.8 Å². The zero-order chi connectivity index (χ0) is 20.2. The standard InChI is InChI=1S/C22H34O5/c1-6-20(4)11-16(27-12-17(24)25)21(5)13(2)7-9-22(14(3)19(20)26)10-8-15(23)18(21)22/h6,13-14,16,18-19,26H,1,7-12H2,2-5H3,(H,24,25)/t13?,14-,16+,18?,19-,20+,21-,22-/m0/s1. The molecule has 0 saturated heterocycles. The number of carbonyl (C=O) groups excluding carboxylic acids is 1. The van der Waals surface area contributed by atoms with E-state index in [1.54, 1.807) is 6.08 Å². The summed E-state index contributed by atoms with van der Waals surface area (Å²) < 4.78 is 5.96. The van der Waals surface area contributed by atoms with Crippen molar-refractivity contribution < 1.29 is 24.5 Å². The third kappa shape index (κ3) is 2.80. The van der Waals surface area contributed by atoms with Gasteiger partial charge in [0.05, 0.1) is 12.2 Å². The molecule has 3 aliphatic carbocycles. The summed E-state index contributed by atoms with van der Waals surface area (Å²) in [6, 6.07) is 0. The van der Waals surface area contributed by atoms with Crippen molar-refractivity contribution in [1.82, 2.24) is 0 Å². The Bertz CT molecular complexity index is 645. The van der Waals surface area contributed by atoms with Crippen LogP contribution in [-0.2, 0) is 14.3 Å². The lowest BCUT2D eigenvalue weighted by molar-refractivity contribution is -0.205. The van der Waals surface area contributed by atoms with E-state index < -0.39 is 29.0 Å². The summed E-state index contributed by atoms with van der Waals surface area (Å²) in [5, 5.41) is 20.5. The van der Waals surface area contributed by atoms with E-state index in [9.17, 15) is 19.8 Å². The molecule has 0 aromatic carbocycles. The minimum atomic E-state index is -1.01. The van der Waals surface area contributed by atoms with E-state index >= 15 is 0 Å². The van der Waals surface area contributed by atoms with Crippen molar-refractivity contribution >= 4 is 11.8 Å². The van der Waals surface area contributed by atoms with Crippen LogP contribution >= 0.6 is 0 Å². The van der Waals surface area contributed by atoms with Crippen molar-refractivity contribution in [2.24, 2.45) is 34.0 Å². The zero-order valence-electron chi connectivity index (χ0n) is 17.0. The van der Waals surface area contributed by atoms with Crippen molar-refractivity contribution in [2.45, 2.75) is 72.0 Å². The highest BCUT2D eigenvalue weighted by Gasteiger charge is 2.67. The van der Waals surface area contributed by atoms with Crippen LogP contribution in [0.15, 0.2) is 12.7 Å². The van der Waals surface area contributed by atoms with Crippen molar-refractivity contribution in [3.05, 3.63) is 12.7 Å². The van der Waals surface area contributed by atoms with Crippen LogP contribution < -0.4 is 0 Å². The number of rotatable bonds is 4. The van der Waals surface area contributed by atoms with Gasteiger partial charge in [0.2, 0.25) is 0 Å².